The summed E-state index contributed by atoms with van der Waals surface area (Å²) in [5, 5.41) is 8.41. The van der Waals surface area contributed by atoms with E-state index >= 15 is 0 Å². The molecular weight excluding hydrogens is 308 g/mol. The van der Waals surface area contributed by atoms with Gasteiger partial charge in [0.15, 0.2) is 5.96 Å². The number of thiophene rings is 1. The number of hydrogen-bond acceptors (Lipinski definition) is 4. The molecule has 0 aromatic carbocycles. The van der Waals surface area contributed by atoms with Crippen molar-refractivity contribution in [3.8, 4) is 0 Å². The molecule has 0 unspecified atom stereocenters. The van der Waals surface area contributed by atoms with E-state index in [1.165, 1.54) is 10.4 Å². The van der Waals surface area contributed by atoms with Gasteiger partial charge >= 0.3 is 0 Å². The molecule has 0 saturated heterocycles. The van der Waals surface area contributed by atoms with Crippen LogP contribution in [0.1, 0.15) is 24.3 Å². The smallest absolute Gasteiger partial charge is 0.209 e. The summed E-state index contributed by atoms with van der Waals surface area (Å²) in [6.07, 6.45) is 1.15. The van der Waals surface area contributed by atoms with Crippen LogP contribution in [0.25, 0.3) is 0 Å². The fourth-order valence-electron chi connectivity index (χ4n) is 1.81. The summed E-state index contributed by atoms with van der Waals surface area (Å²) < 4.78 is 25.2. The van der Waals surface area contributed by atoms with Crippen molar-refractivity contribution in [2.75, 3.05) is 19.8 Å². The Morgan fingerprint density at radius 3 is 2.52 bits per heavy atom. The van der Waals surface area contributed by atoms with Crippen LogP contribution in [0, 0.1) is 6.92 Å². The van der Waals surface area contributed by atoms with E-state index in [0.717, 1.165) is 6.26 Å². The van der Waals surface area contributed by atoms with Gasteiger partial charge in [0.05, 0.1) is 12.8 Å². The molecule has 3 N–H and O–H groups in total. The number of aryl methyl sites for hydroxylation is 1. The lowest BCUT2D eigenvalue weighted by molar-refractivity contribution is 0.446. The van der Waals surface area contributed by atoms with Gasteiger partial charge in [0.1, 0.15) is 0 Å². The Labute approximate surface area is 131 Å². The topological polar surface area (TPSA) is 82.6 Å². The third-order valence-corrected chi connectivity index (χ3v) is 4.71. The first kappa shape index (κ1) is 17.9. The summed E-state index contributed by atoms with van der Waals surface area (Å²) in [4.78, 5) is 5.39. The first-order valence-corrected chi connectivity index (χ1v) is 9.36. The molecule has 0 amide bonds. The Morgan fingerprint density at radius 2 is 2.05 bits per heavy atom. The summed E-state index contributed by atoms with van der Waals surface area (Å²) in [6, 6.07) is 2.08. The maximum absolute atomic E-state index is 11.3. The molecule has 1 rings (SSSR count). The standard InChI is InChI=1S/C13H24N4O2S2/c1-10-6-7-20-11(10)8-15-12(14-4)16-9-13(2,3)17-21(5,18)19/h6-7,17H,8-9H2,1-5H3,(H2,14,15,16). The van der Waals surface area contributed by atoms with Crippen LogP contribution < -0.4 is 15.4 Å². The van der Waals surface area contributed by atoms with Crippen molar-refractivity contribution in [2.24, 2.45) is 4.99 Å². The maximum atomic E-state index is 11.3. The third-order valence-electron chi connectivity index (χ3n) is 2.77. The van der Waals surface area contributed by atoms with Crippen LogP contribution in [-0.4, -0.2) is 39.8 Å². The van der Waals surface area contributed by atoms with E-state index < -0.39 is 15.6 Å². The Bertz CT molecular complexity index is 591. The second-order valence-corrected chi connectivity index (χ2v) is 8.31. The average molecular weight is 332 g/mol. The number of hydrogen-bond donors (Lipinski definition) is 3. The predicted octanol–water partition coefficient (Wildman–Crippen LogP) is 1.05. The van der Waals surface area contributed by atoms with E-state index in [1.54, 1.807) is 18.4 Å². The van der Waals surface area contributed by atoms with Crippen LogP contribution in [-0.2, 0) is 16.6 Å². The van der Waals surface area contributed by atoms with E-state index in [9.17, 15) is 8.42 Å². The molecule has 0 spiro atoms. The normalized spacial score (nSPS) is 13.3. The predicted molar refractivity (Wildman–Crippen MR) is 89.3 cm³/mol. The van der Waals surface area contributed by atoms with Gasteiger partial charge in [-0.25, -0.2) is 13.1 Å². The minimum atomic E-state index is -3.24. The van der Waals surface area contributed by atoms with Crippen molar-refractivity contribution in [1.82, 2.24) is 15.4 Å². The second-order valence-electron chi connectivity index (χ2n) is 5.56. The monoisotopic (exact) mass is 332 g/mol. The average Bonchev–Trinajstić information content (AvgIpc) is 2.72. The van der Waals surface area contributed by atoms with Gasteiger partial charge in [0.2, 0.25) is 10.0 Å². The van der Waals surface area contributed by atoms with Gasteiger partial charge in [-0.1, -0.05) is 0 Å². The molecule has 0 aliphatic carbocycles. The van der Waals surface area contributed by atoms with Gasteiger partial charge in [-0.05, 0) is 37.8 Å². The number of nitrogens with one attached hydrogen (secondary N) is 3. The van der Waals surface area contributed by atoms with Crippen LogP contribution in [0.5, 0.6) is 0 Å². The molecule has 0 fully saturated rings. The first-order chi connectivity index (χ1) is 9.63. The summed E-state index contributed by atoms with van der Waals surface area (Å²) in [5.41, 5.74) is 0.659. The summed E-state index contributed by atoms with van der Waals surface area (Å²) in [5.74, 6) is 0.645. The molecule has 1 aromatic rings. The Hall–Kier alpha value is -1.12. The molecule has 0 radical (unpaired) electrons. The van der Waals surface area contributed by atoms with Gasteiger partial charge < -0.3 is 10.6 Å². The minimum Gasteiger partial charge on any atom is -0.355 e. The van der Waals surface area contributed by atoms with Gasteiger partial charge in [-0.2, -0.15) is 0 Å². The van der Waals surface area contributed by atoms with Gasteiger partial charge in [-0.15, -0.1) is 11.3 Å². The highest BCUT2D eigenvalue weighted by molar-refractivity contribution is 7.88. The maximum Gasteiger partial charge on any atom is 0.209 e. The quantitative estimate of drug-likeness (QED) is 0.537. The van der Waals surface area contributed by atoms with E-state index in [-0.39, 0.29) is 0 Å². The first-order valence-electron chi connectivity index (χ1n) is 6.59. The number of nitrogens with zero attached hydrogens (tertiary/aromatic N) is 1. The highest BCUT2D eigenvalue weighted by Crippen LogP contribution is 2.14. The number of rotatable bonds is 6. The molecular formula is C13H24N4O2S2. The lowest BCUT2D eigenvalue weighted by atomic mass is 10.1. The zero-order valence-electron chi connectivity index (χ0n) is 13.1. The van der Waals surface area contributed by atoms with Crippen molar-refractivity contribution in [3.63, 3.8) is 0 Å². The molecule has 6 nitrogen and oxygen atoms in total. The fraction of sp³-hybridized carbons (Fsp3) is 0.615. The molecule has 120 valence electrons. The van der Waals surface area contributed by atoms with Crippen molar-refractivity contribution >= 4 is 27.3 Å². The third kappa shape index (κ3) is 6.92. The van der Waals surface area contributed by atoms with Crippen molar-refractivity contribution in [3.05, 3.63) is 21.9 Å². The summed E-state index contributed by atoms with van der Waals surface area (Å²) in [6.45, 7) is 6.84. The largest absolute Gasteiger partial charge is 0.355 e. The fourth-order valence-corrected chi connectivity index (χ4v) is 3.73. The van der Waals surface area contributed by atoms with Crippen LogP contribution in [0.15, 0.2) is 16.4 Å². The van der Waals surface area contributed by atoms with Gasteiger partial charge in [0, 0.05) is 24.0 Å². The van der Waals surface area contributed by atoms with E-state index in [4.69, 9.17) is 0 Å². The van der Waals surface area contributed by atoms with Crippen LogP contribution >= 0.6 is 11.3 Å². The zero-order valence-corrected chi connectivity index (χ0v) is 14.8. The molecule has 0 saturated carbocycles. The van der Waals surface area contributed by atoms with Crippen LogP contribution in [0.4, 0.5) is 0 Å². The lowest BCUT2D eigenvalue weighted by Crippen LogP contribution is -2.52. The number of aliphatic imine (C=N–C) groups is 1. The van der Waals surface area contributed by atoms with Gasteiger partial charge in [-0.3, -0.25) is 4.99 Å². The Kier molecular flexibility index (Phi) is 6.18. The Morgan fingerprint density at radius 1 is 1.38 bits per heavy atom. The molecule has 1 heterocycles. The summed E-state index contributed by atoms with van der Waals surface area (Å²) >= 11 is 1.70. The number of sulfonamides is 1. The molecule has 0 bridgehead atoms. The molecule has 0 aliphatic rings. The van der Waals surface area contributed by atoms with Crippen molar-refractivity contribution in [1.29, 1.82) is 0 Å². The van der Waals surface area contributed by atoms with Crippen LogP contribution in [0.3, 0.4) is 0 Å². The minimum absolute atomic E-state index is 0.434. The SMILES string of the molecule is CN=C(NCc1sccc1C)NCC(C)(C)NS(C)(=O)=O. The van der Waals surface area contributed by atoms with E-state index in [1.807, 2.05) is 13.8 Å². The number of guanidine groups is 1. The molecule has 1 aromatic heterocycles. The van der Waals surface area contributed by atoms with E-state index in [2.05, 4.69) is 38.7 Å². The molecule has 0 atom stereocenters. The lowest BCUT2D eigenvalue weighted by Gasteiger charge is -2.26. The molecule has 21 heavy (non-hydrogen) atoms. The molecule has 8 heteroatoms. The van der Waals surface area contributed by atoms with Crippen LogP contribution in [0.2, 0.25) is 0 Å². The highest BCUT2D eigenvalue weighted by Gasteiger charge is 2.22. The summed E-state index contributed by atoms with van der Waals surface area (Å²) in [7, 11) is -1.55. The Balaban J connectivity index is 2.50. The van der Waals surface area contributed by atoms with E-state index in [0.29, 0.717) is 19.0 Å². The van der Waals surface area contributed by atoms with Gasteiger partial charge in [0.25, 0.3) is 0 Å². The van der Waals surface area contributed by atoms with Crippen molar-refractivity contribution < 1.29 is 8.42 Å². The molecule has 0 aliphatic heterocycles. The zero-order chi connectivity index (χ0) is 16.1. The van der Waals surface area contributed by atoms with Crippen molar-refractivity contribution in [2.45, 2.75) is 32.9 Å². The second kappa shape index (κ2) is 7.24. The highest BCUT2D eigenvalue weighted by atomic mass is 32.2.